The molecule has 1 atom stereocenters. The molecule has 0 spiro atoms. The quantitative estimate of drug-likeness (QED) is 0.304. The average Bonchev–Trinajstić information content (AvgIpc) is 3.18. The topological polar surface area (TPSA) is 67.1 Å². The second kappa shape index (κ2) is 10.5. The molecule has 0 aliphatic heterocycles. The van der Waals surface area contributed by atoms with Gasteiger partial charge in [-0.1, -0.05) is 6.07 Å². The SMILES string of the molecule is CN=C(NCCCCn1cnnc1)NC(C)c1cccs1.I. The first-order valence-electron chi connectivity index (χ1n) is 7.12. The molecule has 0 bridgehead atoms. The third-order valence-corrected chi connectivity index (χ3v) is 4.20. The van der Waals surface area contributed by atoms with Crippen LogP contribution in [0.15, 0.2) is 35.2 Å². The molecule has 6 nitrogen and oxygen atoms in total. The van der Waals surface area contributed by atoms with Gasteiger partial charge in [0, 0.05) is 25.0 Å². The summed E-state index contributed by atoms with van der Waals surface area (Å²) in [6.07, 6.45) is 5.65. The second-order valence-electron chi connectivity index (χ2n) is 4.79. The van der Waals surface area contributed by atoms with E-state index in [1.807, 2.05) is 4.57 Å². The van der Waals surface area contributed by atoms with E-state index in [1.54, 1.807) is 31.0 Å². The Kier molecular flexibility index (Phi) is 9.05. The maximum absolute atomic E-state index is 4.26. The fraction of sp³-hybridized carbons (Fsp3) is 0.500. The van der Waals surface area contributed by atoms with Crippen molar-refractivity contribution in [2.45, 2.75) is 32.4 Å². The van der Waals surface area contributed by atoms with Gasteiger partial charge in [-0.25, -0.2) is 0 Å². The lowest BCUT2D eigenvalue weighted by Crippen LogP contribution is -2.38. The smallest absolute Gasteiger partial charge is 0.191 e. The molecular formula is C14H23IN6S. The number of thiophene rings is 1. The number of nitrogens with zero attached hydrogens (tertiary/aromatic N) is 4. The molecule has 0 saturated carbocycles. The molecule has 0 aliphatic rings. The molecule has 2 N–H and O–H groups in total. The summed E-state index contributed by atoms with van der Waals surface area (Å²) in [5.74, 6) is 0.847. The van der Waals surface area contributed by atoms with E-state index in [9.17, 15) is 0 Å². The molecule has 2 aromatic rings. The Bertz CT molecular complexity index is 526. The van der Waals surface area contributed by atoms with Gasteiger partial charge >= 0.3 is 0 Å². The minimum atomic E-state index is 0. The maximum atomic E-state index is 4.26. The van der Waals surface area contributed by atoms with Gasteiger partial charge in [0.1, 0.15) is 12.7 Å². The summed E-state index contributed by atoms with van der Waals surface area (Å²) in [7, 11) is 1.80. The van der Waals surface area contributed by atoms with E-state index >= 15 is 0 Å². The first-order chi connectivity index (χ1) is 10.3. The molecular weight excluding hydrogens is 411 g/mol. The molecule has 0 fully saturated rings. The monoisotopic (exact) mass is 434 g/mol. The first kappa shape index (κ1) is 18.9. The van der Waals surface area contributed by atoms with Crippen LogP contribution < -0.4 is 10.6 Å². The summed E-state index contributed by atoms with van der Waals surface area (Å²) in [5.41, 5.74) is 0. The lowest BCUT2D eigenvalue weighted by molar-refractivity contribution is 0.594. The fourth-order valence-electron chi connectivity index (χ4n) is 1.97. The summed E-state index contributed by atoms with van der Waals surface area (Å²) < 4.78 is 1.99. The van der Waals surface area contributed by atoms with E-state index in [0.717, 1.165) is 31.9 Å². The average molecular weight is 434 g/mol. The lowest BCUT2D eigenvalue weighted by Gasteiger charge is -2.16. The lowest BCUT2D eigenvalue weighted by atomic mass is 10.3. The van der Waals surface area contributed by atoms with Crippen molar-refractivity contribution in [3.05, 3.63) is 35.0 Å². The number of hydrogen-bond donors (Lipinski definition) is 2. The highest BCUT2D eigenvalue weighted by Crippen LogP contribution is 2.17. The van der Waals surface area contributed by atoms with Crippen molar-refractivity contribution < 1.29 is 0 Å². The number of aryl methyl sites for hydroxylation is 1. The zero-order chi connectivity index (χ0) is 14.9. The third-order valence-electron chi connectivity index (χ3n) is 3.15. The summed E-state index contributed by atoms with van der Waals surface area (Å²) >= 11 is 1.75. The second-order valence-corrected chi connectivity index (χ2v) is 5.77. The molecule has 0 aromatic carbocycles. The Morgan fingerprint density at radius 2 is 2.14 bits per heavy atom. The number of aliphatic imine (C=N–C) groups is 1. The molecule has 8 heteroatoms. The Morgan fingerprint density at radius 1 is 1.36 bits per heavy atom. The van der Waals surface area contributed by atoms with Crippen LogP contribution in [0.5, 0.6) is 0 Å². The number of hydrogen-bond acceptors (Lipinski definition) is 4. The van der Waals surface area contributed by atoms with Gasteiger partial charge in [0.15, 0.2) is 5.96 Å². The van der Waals surface area contributed by atoms with Crippen molar-refractivity contribution in [1.82, 2.24) is 25.4 Å². The molecule has 1 unspecified atom stereocenters. The minimum absolute atomic E-state index is 0. The van der Waals surface area contributed by atoms with E-state index in [0.29, 0.717) is 0 Å². The molecule has 2 aromatic heterocycles. The highest BCUT2D eigenvalue weighted by molar-refractivity contribution is 14.0. The van der Waals surface area contributed by atoms with Crippen LogP contribution in [0.1, 0.15) is 30.7 Å². The number of nitrogens with one attached hydrogen (secondary N) is 2. The standard InChI is InChI=1S/C14H22N6S.HI/c1-12(13-6-5-9-21-13)19-14(15-2)16-7-3-4-8-20-10-17-18-11-20;/h5-6,9-12H,3-4,7-8H2,1-2H3,(H2,15,16,19);1H. The van der Waals surface area contributed by atoms with Gasteiger partial charge in [0.25, 0.3) is 0 Å². The van der Waals surface area contributed by atoms with E-state index in [4.69, 9.17) is 0 Å². The van der Waals surface area contributed by atoms with Crippen molar-refractivity contribution in [3.63, 3.8) is 0 Å². The van der Waals surface area contributed by atoms with Gasteiger partial charge in [-0.3, -0.25) is 4.99 Å². The van der Waals surface area contributed by atoms with Crippen LogP contribution >= 0.6 is 35.3 Å². The zero-order valence-electron chi connectivity index (χ0n) is 12.9. The van der Waals surface area contributed by atoms with Crippen LogP contribution in [0, 0.1) is 0 Å². The molecule has 122 valence electrons. The Balaban J connectivity index is 0.00000242. The molecule has 2 rings (SSSR count). The molecule has 0 radical (unpaired) electrons. The number of rotatable bonds is 7. The van der Waals surface area contributed by atoms with Gasteiger partial charge in [-0.15, -0.1) is 45.5 Å². The number of aromatic nitrogens is 3. The van der Waals surface area contributed by atoms with E-state index < -0.39 is 0 Å². The fourth-order valence-corrected chi connectivity index (χ4v) is 2.71. The summed E-state index contributed by atoms with van der Waals surface area (Å²) in [4.78, 5) is 5.57. The van der Waals surface area contributed by atoms with Crippen molar-refractivity contribution in [2.24, 2.45) is 4.99 Å². The van der Waals surface area contributed by atoms with Gasteiger partial charge in [-0.05, 0) is 31.2 Å². The predicted molar refractivity (Wildman–Crippen MR) is 102 cm³/mol. The highest BCUT2D eigenvalue weighted by atomic mass is 127. The van der Waals surface area contributed by atoms with Crippen molar-refractivity contribution in [3.8, 4) is 0 Å². The summed E-state index contributed by atoms with van der Waals surface area (Å²) in [6, 6.07) is 4.47. The summed E-state index contributed by atoms with van der Waals surface area (Å²) in [5, 5.41) is 16.4. The van der Waals surface area contributed by atoms with Gasteiger partial charge < -0.3 is 15.2 Å². The van der Waals surface area contributed by atoms with Crippen molar-refractivity contribution in [1.29, 1.82) is 0 Å². The Labute approximate surface area is 152 Å². The van der Waals surface area contributed by atoms with Crippen LogP contribution in [0.3, 0.4) is 0 Å². The van der Waals surface area contributed by atoms with Crippen molar-refractivity contribution in [2.75, 3.05) is 13.6 Å². The first-order valence-corrected chi connectivity index (χ1v) is 8.00. The molecule has 0 amide bonds. The van der Waals surface area contributed by atoms with Gasteiger partial charge in [0.2, 0.25) is 0 Å². The molecule has 2 heterocycles. The predicted octanol–water partition coefficient (Wildman–Crippen LogP) is 2.66. The van der Waals surface area contributed by atoms with E-state index in [-0.39, 0.29) is 30.0 Å². The van der Waals surface area contributed by atoms with Gasteiger partial charge in [0.05, 0.1) is 6.04 Å². The van der Waals surface area contributed by atoms with Gasteiger partial charge in [-0.2, -0.15) is 0 Å². The van der Waals surface area contributed by atoms with Crippen LogP contribution in [-0.4, -0.2) is 34.3 Å². The Morgan fingerprint density at radius 3 is 2.77 bits per heavy atom. The molecule has 0 saturated heterocycles. The number of halogens is 1. The number of unbranched alkanes of at least 4 members (excludes halogenated alkanes) is 1. The van der Waals surface area contributed by atoms with Crippen LogP contribution in [0.2, 0.25) is 0 Å². The minimum Gasteiger partial charge on any atom is -0.356 e. The highest BCUT2D eigenvalue weighted by Gasteiger charge is 2.07. The largest absolute Gasteiger partial charge is 0.356 e. The number of guanidine groups is 1. The maximum Gasteiger partial charge on any atom is 0.191 e. The van der Waals surface area contributed by atoms with Crippen LogP contribution in [0.25, 0.3) is 0 Å². The summed E-state index contributed by atoms with van der Waals surface area (Å²) in [6.45, 7) is 4.00. The van der Waals surface area contributed by atoms with Crippen molar-refractivity contribution >= 4 is 41.3 Å². The van der Waals surface area contributed by atoms with Crippen LogP contribution in [0.4, 0.5) is 0 Å². The normalized spacial score (nSPS) is 12.5. The third kappa shape index (κ3) is 6.30. The van der Waals surface area contributed by atoms with E-state index in [2.05, 4.69) is 50.3 Å². The van der Waals surface area contributed by atoms with Crippen LogP contribution in [-0.2, 0) is 6.54 Å². The van der Waals surface area contributed by atoms with E-state index in [1.165, 1.54) is 4.88 Å². The molecule has 0 aliphatic carbocycles. The Hall–Kier alpha value is -1.16. The molecule has 22 heavy (non-hydrogen) atoms. The zero-order valence-corrected chi connectivity index (χ0v) is 16.0.